The maximum Gasteiger partial charge on any atom is 0.337 e. The molecule has 0 bridgehead atoms. The minimum atomic E-state index is -0.295. The summed E-state index contributed by atoms with van der Waals surface area (Å²) in [5, 5.41) is 3.55. The minimum absolute atomic E-state index is 0.295. The van der Waals surface area contributed by atoms with Gasteiger partial charge in [0.15, 0.2) is 0 Å². The summed E-state index contributed by atoms with van der Waals surface area (Å²) in [6.07, 6.45) is 4.77. The zero-order chi connectivity index (χ0) is 14.5. The largest absolute Gasteiger partial charge is 0.465 e. The van der Waals surface area contributed by atoms with Gasteiger partial charge in [0.25, 0.3) is 0 Å². The van der Waals surface area contributed by atoms with E-state index in [1.807, 2.05) is 19.1 Å². The summed E-state index contributed by atoms with van der Waals surface area (Å²) < 4.78 is 10.2. The highest BCUT2D eigenvalue weighted by molar-refractivity contribution is 5.90. The van der Waals surface area contributed by atoms with E-state index in [0.717, 1.165) is 36.9 Å². The van der Waals surface area contributed by atoms with Crippen molar-refractivity contribution in [3.05, 3.63) is 29.3 Å². The summed E-state index contributed by atoms with van der Waals surface area (Å²) in [7, 11) is 3.18. The van der Waals surface area contributed by atoms with Gasteiger partial charge in [-0.2, -0.15) is 0 Å². The molecule has 0 aliphatic heterocycles. The fourth-order valence-corrected chi connectivity index (χ4v) is 2.69. The molecule has 4 heteroatoms. The molecule has 1 aliphatic rings. The molecule has 0 atom stereocenters. The number of ether oxygens (including phenoxy) is 2. The number of methoxy groups -OCH3 is 2. The van der Waals surface area contributed by atoms with Gasteiger partial charge in [0.1, 0.15) is 0 Å². The minimum Gasteiger partial charge on any atom is -0.465 e. The zero-order valence-corrected chi connectivity index (χ0v) is 12.4. The summed E-state index contributed by atoms with van der Waals surface area (Å²) in [6.45, 7) is 2.05. The maximum absolute atomic E-state index is 11.6. The van der Waals surface area contributed by atoms with E-state index in [0.29, 0.717) is 17.7 Å². The van der Waals surface area contributed by atoms with E-state index in [1.165, 1.54) is 7.11 Å². The van der Waals surface area contributed by atoms with E-state index in [9.17, 15) is 4.79 Å². The number of hydrogen-bond acceptors (Lipinski definition) is 4. The molecule has 1 N–H and O–H groups in total. The van der Waals surface area contributed by atoms with Gasteiger partial charge in [-0.25, -0.2) is 4.79 Å². The van der Waals surface area contributed by atoms with Gasteiger partial charge in [0, 0.05) is 18.8 Å². The van der Waals surface area contributed by atoms with Crippen molar-refractivity contribution < 1.29 is 14.3 Å². The zero-order valence-electron chi connectivity index (χ0n) is 12.4. The predicted octanol–water partition coefficient (Wildman–Crippen LogP) is 3.15. The number of carbonyl (C=O) groups excluding carboxylic acids is 1. The number of hydrogen-bond donors (Lipinski definition) is 1. The second-order valence-corrected chi connectivity index (χ2v) is 5.37. The van der Waals surface area contributed by atoms with Gasteiger partial charge in [-0.15, -0.1) is 0 Å². The van der Waals surface area contributed by atoms with Gasteiger partial charge in [-0.05, 0) is 50.3 Å². The quantitative estimate of drug-likeness (QED) is 0.859. The molecular weight excluding hydrogens is 254 g/mol. The van der Waals surface area contributed by atoms with E-state index in [4.69, 9.17) is 9.47 Å². The SMILES string of the molecule is COC(=O)c1ccc(C)c(NC2CCC(OC)CC2)c1. The molecule has 2 rings (SSSR count). The van der Waals surface area contributed by atoms with Gasteiger partial charge in [0.05, 0.1) is 18.8 Å². The van der Waals surface area contributed by atoms with Crippen LogP contribution >= 0.6 is 0 Å². The van der Waals surface area contributed by atoms with E-state index in [-0.39, 0.29) is 5.97 Å². The lowest BCUT2D eigenvalue weighted by molar-refractivity contribution is 0.0601. The first-order valence-corrected chi connectivity index (χ1v) is 7.12. The molecule has 1 aromatic carbocycles. The molecule has 0 unspecified atom stereocenters. The van der Waals surface area contributed by atoms with Crippen molar-refractivity contribution in [3.8, 4) is 0 Å². The lowest BCUT2D eigenvalue weighted by Gasteiger charge is -2.29. The molecule has 0 spiro atoms. The fourth-order valence-electron chi connectivity index (χ4n) is 2.69. The molecule has 0 heterocycles. The van der Waals surface area contributed by atoms with Crippen LogP contribution in [0.5, 0.6) is 0 Å². The normalized spacial score (nSPS) is 22.4. The van der Waals surface area contributed by atoms with E-state index < -0.39 is 0 Å². The first-order valence-electron chi connectivity index (χ1n) is 7.12. The van der Waals surface area contributed by atoms with Crippen molar-refractivity contribution in [2.24, 2.45) is 0 Å². The molecule has 1 fully saturated rings. The predicted molar refractivity (Wildman–Crippen MR) is 79.2 cm³/mol. The second kappa shape index (κ2) is 6.75. The molecule has 0 radical (unpaired) electrons. The molecule has 1 saturated carbocycles. The van der Waals surface area contributed by atoms with Crippen LogP contribution in [0.1, 0.15) is 41.6 Å². The average molecular weight is 277 g/mol. The van der Waals surface area contributed by atoms with Crippen molar-refractivity contribution in [3.63, 3.8) is 0 Å². The first-order chi connectivity index (χ1) is 9.63. The number of rotatable bonds is 4. The monoisotopic (exact) mass is 277 g/mol. The third kappa shape index (κ3) is 3.51. The Bertz CT molecular complexity index is 465. The Morgan fingerprint density at radius 2 is 1.90 bits per heavy atom. The Labute approximate surface area is 120 Å². The van der Waals surface area contributed by atoms with E-state index in [2.05, 4.69) is 5.32 Å². The molecule has 20 heavy (non-hydrogen) atoms. The van der Waals surface area contributed by atoms with Crippen molar-refractivity contribution in [2.45, 2.75) is 44.8 Å². The molecule has 0 saturated heterocycles. The summed E-state index contributed by atoms with van der Waals surface area (Å²) in [4.78, 5) is 11.6. The molecule has 110 valence electrons. The highest BCUT2D eigenvalue weighted by Gasteiger charge is 2.21. The fraction of sp³-hybridized carbons (Fsp3) is 0.562. The van der Waals surface area contributed by atoms with Gasteiger partial charge in [0.2, 0.25) is 0 Å². The summed E-state index contributed by atoms with van der Waals surface area (Å²) in [5.41, 5.74) is 2.76. The van der Waals surface area contributed by atoms with Crippen LogP contribution in [-0.4, -0.2) is 32.3 Å². The van der Waals surface area contributed by atoms with Gasteiger partial charge in [-0.1, -0.05) is 6.07 Å². The Balaban J connectivity index is 2.03. The van der Waals surface area contributed by atoms with Gasteiger partial charge in [-0.3, -0.25) is 0 Å². The van der Waals surface area contributed by atoms with Crippen molar-refractivity contribution in [1.29, 1.82) is 0 Å². The molecule has 0 aromatic heterocycles. The third-order valence-electron chi connectivity index (χ3n) is 4.03. The summed E-state index contributed by atoms with van der Waals surface area (Å²) >= 11 is 0. The summed E-state index contributed by atoms with van der Waals surface area (Å²) in [6, 6.07) is 6.08. The number of carbonyl (C=O) groups is 1. The lowest BCUT2D eigenvalue weighted by atomic mass is 9.92. The van der Waals surface area contributed by atoms with Gasteiger partial charge < -0.3 is 14.8 Å². The average Bonchev–Trinajstić information content (AvgIpc) is 2.49. The third-order valence-corrected chi connectivity index (χ3v) is 4.03. The smallest absolute Gasteiger partial charge is 0.337 e. The number of anilines is 1. The number of esters is 1. The Morgan fingerprint density at radius 3 is 2.50 bits per heavy atom. The van der Waals surface area contributed by atoms with Crippen LogP contribution in [0, 0.1) is 6.92 Å². The molecule has 4 nitrogen and oxygen atoms in total. The Hall–Kier alpha value is -1.55. The molecule has 0 amide bonds. The van der Waals surface area contributed by atoms with Crippen molar-refractivity contribution in [1.82, 2.24) is 0 Å². The van der Waals surface area contributed by atoms with Crippen LogP contribution in [0.25, 0.3) is 0 Å². The van der Waals surface area contributed by atoms with Crippen LogP contribution < -0.4 is 5.32 Å². The Morgan fingerprint density at radius 1 is 1.20 bits per heavy atom. The van der Waals surface area contributed by atoms with Crippen LogP contribution in [0.2, 0.25) is 0 Å². The molecule has 1 aromatic rings. The van der Waals surface area contributed by atoms with Crippen LogP contribution in [0.15, 0.2) is 18.2 Å². The van der Waals surface area contributed by atoms with Gasteiger partial charge >= 0.3 is 5.97 Å². The Kier molecular flexibility index (Phi) is 5.01. The van der Waals surface area contributed by atoms with Crippen molar-refractivity contribution >= 4 is 11.7 Å². The topological polar surface area (TPSA) is 47.6 Å². The first kappa shape index (κ1) is 14.9. The van der Waals surface area contributed by atoms with Crippen LogP contribution in [0.4, 0.5) is 5.69 Å². The maximum atomic E-state index is 11.6. The number of aryl methyl sites for hydroxylation is 1. The molecule has 1 aliphatic carbocycles. The summed E-state index contributed by atoms with van der Waals surface area (Å²) in [5.74, 6) is -0.295. The lowest BCUT2D eigenvalue weighted by Crippen LogP contribution is -2.29. The molecular formula is C16H23NO3. The second-order valence-electron chi connectivity index (χ2n) is 5.37. The highest BCUT2D eigenvalue weighted by atomic mass is 16.5. The van der Waals surface area contributed by atoms with Crippen molar-refractivity contribution in [2.75, 3.05) is 19.5 Å². The van der Waals surface area contributed by atoms with Crippen LogP contribution in [0.3, 0.4) is 0 Å². The van der Waals surface area contributed by atoms with Crippen LogP contribution in [-0.2, 0) is 9.47 Å². The number of benzene rings is 1. The van der Waals surface area contributed by atoms with E-state index >= 15 is 0 Å². The highest BCUT2D eigenvalue weighted by Crippen LogP contribution is 2.26. The standard InChI is InChI=1S/C16H23NO3/c1-11-4-5-12(16(18)20-3)10-15(11)17-13-6-8-14(19-2)9-7-13/h4-5,10,13-14,17H,6-9H2,1-3H3. The van der Waals surface area contributed by atoms with E-state index in [1.54, 1.807) is 13.2 Å². The number of nitrogens with one attached hydrogen (secondary N) is 1.